The average molecular weight is 375 g/mol. The van der Waals surface area contributed by atoms with Crippen molar-refractivity contribution < 1.29 is 13.6 Å². The molecule has 0 aliphatic rings. The first kappa shape index (κ1) is 17.8. The number of rotatable bonds is 4. The van der Waals surface area contributed by atoms with Crippen LogP contribution >= 0.6 is 11.6 Å². The van der Waals surface area contributed by atoms with Crippen LogP contribution in [0.25, 0.3) is 0 Å². The van der Waals surface area contributed by atoms with Crippen LogP contribution in [0.5, 0.6) is 0 Å². The zero-order chi connectivity index (χ0) is 18.7. The third kappa shape index (κ3) is 3.94. The first-order valence-electron chi connectivity index (χ1n) is 7.55. The van der Waals surface area contributed by atoms with E-state index >= 15 is 0 Å². The Hall–Kier alpha value is -3.06. The van der Waals surface area contributed by atoms with Crippen LogP contribution in [-0.2, 0) is 0 Å². The van der Waals surface area contributed by atoms with Crippen molar-refractivity contribution in [1.29, 1.82) is 0 Å². The molecule has 2 N–H and O–H groups in total. The Bertz CT molecular complexity index is 961. The van der Waals surface area contributed by atoms with E-state index < -0.39 is 23.2 Å². The summed E-state index contributed by atoms with van der Waals surface area (Å²) in [5.41, 5.74) is 0.998. The minimum absolute atomic E-state index is 0.0511. The minimum atomic E-state index is -0.875. The van der Waals surface area contributed by atoms with Crippen LogP contribution in [-0.4, -0.2) is 15.9 Å². The van der Waals surface area contributed by atoms with E-state index in [0.29, 0.717) is 10.7 Å². The van der Waals surface area contributed by atoms with Gasteiger partial charge in [-0.2, -0.15) is 0 Å². The van der Waals surface area contributed by atoms with Gasteiger partial charge in [0.2, 0.25) is 5.95 Å². The van der Waals surface area contributed by atoms with E-state index in [9.17, 15) is 13.6 Å². The van der Waals surface area contributed by atoms with Crippen molar-refractivity contribution >= 4 is 34.8 Å². The molecule has 0 saturated heterocycles. The molecular weight excluding hydrogens is 362 g/mol. The molecule has 0 aliphatic heterocycles. The molecule has 1 amide bonds. The van der Waals surface area contributed by atoms with Crippen LogP contribution in [0.4, 0.5) is 26.1 Å². The van der Waals surface area contributed by atoms with E-state index in [1.165, 1.54) is 18.3 Å². The van der Waals surface area contributed by atoms with Crippen molar-refractivity contribution in [1.82, 2.24) is 9.97 Å². The molecule has 5 nitrogen and oxygen atoms in total. The van der Waals surface area contributed by atoms with E-state index in [4.69, 9.17) is 11.6 Å². The molecule has 0 unspecified atom stereocenters. The van der Waals surface area contributed by atoms with Gasteiger partial charge in [-0.3, -0.25) is 4.79 Å². The predicted molar refractivity (Wildman–Crippen MR) is 95.8 cm³/mol. The molecule has 0 aliphatic carbocycles. The van der Waals surface area contributed by atoms with Crippen molar-refractivity contribution in [3.05, 3.63) is 76.6 Å². The zero-order valence-electron chi connectivity index (χ0n) is 13.6. The number of hydrogen-bond acceptors (Lipinski definition) is 4. The number of aromatic nitrogens is 2. The molecule has 132 valence electrons. The fraction of sp³-hybridized carbons (Fsp3) is 0.0556. The Kier molecular flexibility index (Phi) is 5.09. The molecule has 0 radical (unpaired) electrons. The quantitative estimate of drug-likeness (QED) is 0.694. The number of nitrogens with one attached hydrogen (secondary N) is 2. The summed E-state index contributed by atoms with van der Waals surface area (Å²) in [5.74, 6) is -2.36. The Labute approximate surface area is 153 Å². The summed E-state index contributed by atoms with van der Waals surface area (Å²) >= 11 is 5.97. The smallest absolute Gasteiger partial charge is 0.274 e. The monoisotopic (exact) mass is 374 g/mol. The summed E-state index contributed by atoms with van der Waals surface area (Å²) in [4.78, 5) is 20.4. The van der Waals surface area contributed by atoms with E-state index in [2.05, 4.69) is 20.6 Å². The molecule has 1 aromatic heterocycles. The van der Waals surface area contributed by atoms with E-state index in [1.807, 2.05) is 13.0 Å². The van der Waals surface area contributed by atoms with Gasteiger partial charge in [0.25, 0.3) is 5.91 Å². The standard InChI is InChI=1S/C18H13ClF2N4O/c1-10-5-6-11(19)9-15(10)24-18-22-8-7-14(23-18)17(26)25-16-12(20)3-2-4-13(16)21/h2-9H,1H3,(H,25,26)(H,22,23,24). The van der Waals surface area contributed by atoms with E-state index in [-0.39, 0.29) is 11.6 Å². The maximum absolute atomic E-state index is 13.7. The average Bonchev–Trinajstić information content (AvgIpc) is 2.61. The number of halogens is 3. The predicted octanol–water partition coefficient (Wildman–Crippen LogP) is 4.71. The molecule has 3 rings (SSSR count). The van der Waals surface area contributed by atoms with Gasteiger partial charge < -0.3 is 10.6 Å². The topological polar surface area (TPSA) is 66.9 Å². The summed E-state index contributed by atoms with van der Waals surface area (Å²) in [7, 11) is 0. The Morgan fingerprint density at radius 1 is 1.12 bits per heavy atom. The lowest BCUT2D eigenvalue weighted by molar-refractivity contribution is 0.102. The lowest BCUT2D eigenvalue weighted by Crippen LogP contribution is -2.16. The van der Waals surface area contributed by atoms with Crippen LogP contribution in [0.1, 0.15) is 16.1 Å². The first-order chi connectivity index (χ1) is 12.4. The third-order valence-electron chi connectivity index (χ3n) is 3.54. The second-order valence-electron chi connectivity index (χ2n) is 5.40. The van der Waals surface area contributed by atoms with Crippen molar-refractivity contribution in [3.63, 3.8) is 0 Å². The molecule has 26 heavy (non-hydrogen) atoms. The highest BCUT2D eigenvalue weighted by atomic mass is 35.5. The van der Waals surface area contributed by atoms with Crippen LogP contribution in [0.2, 0.25) is 5.02 Å². The number of nitrogens with zero attached hydrogens (tertiary/aromatic N) is 2. The highest BCUT2D eigenvalue weighted by Gasteiger charge is 2.15. The Balaban J connectivity index is 1.83. The summed E-state index contributed by atoms with van der Waals surface area (Å²) in [6.07, 6.45) is 1.36. The van der Waals surface area contributed by atoms with Gasteiger partial charge in [0.05, 0.1) is 0 Å². The molecular formula is C18H13ClF2N4O. The van der Waals surface area contributed by atoms with Gasteiger partial charge in [0.15, 0.2) is 0 Å². The fourth-order valence-corrected chi connectivity index (χ4v) is 2.36. The molecule has 2 aromatic carbocycles. The van der Waals surface area contributed by atoms with Gasteiger partial charge in [-0.1, -0.05) is 23.7 Å². The number of benzene rings is 2. The van der Waals surface area contributed by atoms with Gasteiger partial charge in [-0.05, 0) is 42.8 Å². The molecule has 1 heterocycles. The second kappa shape index (κ2) is 7.45. The molecule has 0 bridgehead atoms. The highest BCUT2D eigenvalue weighted by molar-refractivity contribution is 6.30. The van der Waals surface area contributed by atoms with E-state index in [0.717, 1.165) is 17.7 Å². The second-order valence-corrected chi connectivity index (χ2v) is 5.84. The van der Waals surface area contributed by atoms with Crippen LogP contribution in [0.15, 0.2) is 48.7 Å². The molecule has 0 spiro atoms. The number of para-hydroxylation sites is 1. The normalized spacial score (nSPS) is 10.5. The van der Waals surface area contributed by atoms with Gasteiger partial charge >= 0.3 is 0 Å². The van der Waals surface area contributed by atoms with Crippen LogP contribution < -0.4 is 10.6 Å². The maximum atomic E-state index is 13.7. The van der Waals surface area contributed by atoms with Gasteiger partial charge in [-0.25, -0.2) is 18.7 Å². The van der Waals surface area contributed by atoms with Crippen molar-refractivity contribution in [2.45, 2.75) is 6.92 Å². The summed E-state index contributed by atoms with van der Waals surface area (Å²) < 4.78 is 27.3. The minimum Gasteiger partial charge on any atom is -0.324 e. The number of carbonyl (C=O) groups is 1. The lowest BCUT2D eigenvalue weighted by atomic mass is 10.2. The van der Waals surface area contributed by atoms with Crippen molar-refractivity contribution in [3.8, 4) is 0 Å². The third-order valence-corrected chi connectivity index (χ3v) is 3.77. The number of anilines is 3. The zero-order valence-corrected chi connectivity index (χ0v) is 14.3. The molecule has 0 atom stereocenters. The number of amides is 1. The van der Waals surface area contributed by atoms with Gasteiger partial charge in [-0.15, -0.1) is 0 Å². The lowest BCUT2D eigenvalue weighted by Gasteiger charge is -2.10. The number of aryl methyl sites for hydroxylation is 1. The summed E-state index contributed by atoms with van der Waals surface area (Å²) in [6, 6.07) is 9.91. The highest BCUT2D eigenvalue weighted by Crippen LogP contribution is 2.23. The largest absolute Gasteiger partial charge is 0.324 e. The van der Waals surface area contributed by atoms with Crippen molar-refractivity contribution in [2.24, 2.45) is 0 Å². The first-order valence-corrected chi connectivity index (χ1v) is 7.93. The SMILES string of the molecule is Cc1ccc(Cl)cc1Nc1nccc(C(=O)Nc2c(F)cccc2F)n1. The Morgan fingerprint density at radius 2 is 1.85 bits per heavy atom. The molecule has 0 fully saturated rings. The van der Waals surface area contributed by atoms with Gasteiger partial charge in [0, 0.05) is 16.9 Å². The maximum Gasteiger partial charge on any atom is 0.274 e. The number of carbonyl (C=O) groups excluding carboxylic acids is 1. The number of hydrogen-bond donors (Lipinski definition) is 2. The molecule has 3 aromatic rings. The van der Waals surface area contributed by atoms with E-state index in [1.54, 1.807) is 12.1 Å². The molecule has 0 saturated carbocycles. The van der Waals surface area contributed by atoms with Crippen LogP contribution in [0.3, 0.4) is 0 Å². The molecule has 8 heteroatoms. The van der Waals surface area contributed by atoms with Crippen LogP contribution in [0, 0.1) is 18.6 Å². The van der Waals surface area contributed by atoms with Gasteiger partial charge in [0.1, 0.15) is 23.0 Å². The van der Waals surface area contributed by atoms with Crippen molar-refractivity contribution in [2.75, 3.05) is 10.6 Å². The summed E-state index contributed by atoms with van der Waals surface area (Å²) in [5, 5.41) is 5.67. The summed E-state index contributed by atoms with van der Waals surface area (Å²) in [6.45, 7) is 1.87. The Morgan fingerprint density at radius 3 is 2.58 bits per heavy atom. The fourth-order valence-electron chi connectivity index (χ4n) is 2.19.